The van der Waals surface area contributed by atoms with Gasteiger partial charge in [-0.3, -0.25) is 0 Å². The first-order valence-corrected chi connectivity index (χ1v) is 8.98. The first-order chi connectivity index (χ1) is 6.37. The van der Waals surface area contributed by atoms with Crippen molar-refractivity contribution in [3.8, 4) is 0 Å². The fourth-order valence-electron chi connectivity index (χ4n) is 1.76. The molecule has 86 valence electrons. The molecule has 0 atom stereocenters. The fraction of sp³-hybridized carbons (Fsp3) is 1.00. The van der Waals surface area contributed by atoms with Gasteiger partial charge in [-0.25, -0.2) is 0 Å². The Morgan fingerprint density at radius 3 is 1.93 bits per heavy atom. The lowest BCUT2D eigenvalue weighted by molar-refractivity contribution is 0.553. The van der Waals surface area contributed by atoms with Gasteiger partial charge in [0.05, 0.1) is 8.07 Å². The average Bonchev–Trinajstić information content (AvgIpc) is 2.11. The maximum absolute atomic E-state index is 5.58. The Labute approximate surface area is 90.4 Å². The van der Waals surface area contributed by atoms with E-state index in [1.165, 1.54) is 18.9 Å². The molecule has 0 aliphatic heterocycles. The highest BCUT2D eigenvalue weighted by molar-refractivity contribution is 6.80. The maximum atomic E-state index is 5.58. The Morgan fingerprint density at radius 2 is 1.50 bits per heavy atom. The molecule has 0 spiro atoms. The number of hydrogen-bond donors (Lipinski definition) is 2. The van der Waals surface area contributed by atoms with E-state index in [1.807, 2.05) is 0 Å². The second kappa shape index (κ2) is 5.88. The fourth-order valence-corrected chi connectivity index (χ4v) is 4.38. The lowest BCUT2D eigenvalue weighted by Crippen LogP contribution is -2.39. The largest absolute Gasteiger partial charge is 0.330 e. The van der Waals surface area contributed by atoms with E-state index in [0.717, 1.165) is 19.5 Å². The van der Waals surface area contributed by atoms with E-state index in [2.05, 4.69) is 26.9 Å². The van der Waals surface area contributed by atoms with Gasteiger partial charge in [-0.1, -0.05) is 33.0 Å². The van der Waals surface area contributed by atoms with Crippen LogP contribution in [0.1, 0.15) is 33.1 Å². The minimum Gasteiger partial charge on any atom is -0.330 e. The minimum atomic E-state index is -1.12. The van der Waals surface area contributed by atoms with Crippen LogP contribution in [-0.4, -0.2) is 21.2 Å². The lowest BCUT2D eigenvalue weighted by atomic mass is 10.1. The molecule has 0 radical (unpaired) electrons. The van der Waals surface area contributed by atoms with Crippen LogP contribution in [0.4, 0.5) is 0 Å². The highest BCUT2D eigenvalue weighted by atomic mass is 28.3. The Bertz CT molecular complexity index is 137. The second-order valence-electron chi connectivity index (χ2n) is 5.55. The zero-order chi connectivity index (χ0) is 11.2. The first kappa shape index (κ1) is 14.1. The van der Waals surface area contributed by atoms with E-state index in [4.69, 9.17) is 11.5 Å². The molecule has 0 saturated carbocycles. The Morgan fingerprint density at radius 1 is 1.00 bits per heavy atom. The minimum absolute atomic E-state index is 0.502. The summed E-state index contributed by atoms with van der Waals surface area (Å²) < 4.78 is 0. The standard InChI is InChI=1S/C11H28N2Si/c1-11(2,7-5-8-12)14(3,4)10-6-9-13/h5-10,12-13H2,1-4H3. The van der Waals surface area contributed by atoms with Gasteiger partial charge in [-0.15, -0.1) is 0 Å². The summed E-state index contributed by atoms with van der Waals surface area (Å²) in [5.74, 6) is 0. The average molecular weight is 216 g/mol. The van der Waals surface area contributed by atoms with Crippen LogP contribution in [0.15, 0.2) is 0 Å². The summed E-state index contributed by atoms with van der Waals surface area (Å²) in [6.07, 6.45) is 3.62. The van der Waals surface area contributed by atoms with Crippen molar-refractivity contribution in [2.75, 3.05) is 13.1 Å². The van der Waals surface area contributed by atoms with Crippen LogP contribution < -0.4 is 11.5 Å². The van der Waals surface area contributed by atoms with Gasteiger partial charge in [0.2, 0.25) is 0 Å². The van der Waals surface area contributed by atoms with Crippen LogP contribution in [0.3, 0.4) is 0 Å². The Hall–Kier alpha value is 0.137. The highest BCUT2D eigenvalue weighted by Crippen LogP contribution is 2.43. The summed E-state index contributed by atoms with van der Waals surface area (Å²) in [4.78, 5) is 0. The van der Waals surface area contributed by atoms with Crippen LogP contribution in [0.2, 0.25) is 24.2 Å². The molecule has 0 aromatic heterocycles. The first-order valence-electron chi connectivity index (χ1n) is 5.77. The van der Waals surface area contributed by atoms with Crippen molar-refractivity contribution < 1.29 is 0 Å². The molecule has 14 heavy (non-hydrogen) atoms. The van der Waals surface area contributed by atoms with Gasteiger partial charge in [0, 0.05) is 0 Å². The molecule has 0 rings (SSSR count). The molecule has 0 heterocycles. The third kappa shape index (κ3) is 4.11. The highest BCUT2D eigenvalue weighted by Gasteiger charge is 2.37. The van der Waals surface area contributed by atoms with Gasteiger partial charge in [-0.05, 0) is 37.4 Å². The zero-order valence-electron chi connectivity index (χ0n) is 10.4. The molecular formula is C11H28N2Si. The van der Waals surface area contributed by atoms with E-state index < -0.39 is 8.07 Å². The number of rotatable bonds is 7. The quantitative estimate of drug-likeness (QED) is 0.643. The summed E-state index contributed by atoms with van der Waals surface area (Å²) in [5, 5.41) is 0.502. The summed E-state index contributed by atoms with van der Waals surface area (Å²) in [6, 6.07) is 1.35. The van der Waals surface area contributed by atoms with Crippen molar-refractivity contribution in [2.45, 2.75) is 57.3 Å². The molecule has 0 amide bonds. The van der Waals surface area contributed by atoms with Crippen LogP contribution in [0.5, 0.6) is 0 Å². The van der Waals surface area contributed by atoms with E-state index in [-0.39, 0.29) is 0 Å². The molecule has 4 N–H and O–H groups in total. The zero-order valence-corrected chi connectivity index (χ0v) is 11.4. The molecule has 2 nitrogen and oxygen atoms in total. The normalized spacial score (nSPS) is 13.3. The molecule has 3 heteroatoms. The van der Waals surface area contributed by atoms with E-state index in [9.17, 15) is 0 Å². The molecule has 0 unspecified atom stereocenters. The van der Waals surface area contributed by atoms with Gasteiger partial charge < -0.3 is 11.5 Å². The second-order valence-corrected chi connectivity index (χ2v) is 11.2. The predicted octanol–water partition coefficient (Wildman–Crippen LogP) is 2.56. The summed E-state index contributed by atoms with van der Waals surface area (Å²) in [5.41, 5.74) is 11.2. The maximum Gasteiger partial charge on any atom is 0.0530 e. The van der Waals surface area contributed by atoms with Crippen LogP contribution in [0, 0.1) is 0 Å². The van der Waals surface area contributed by atoms with Crippen molar-refractivity contribution in [2.24, 2.45) is 11.5 Å². The van der Waals surface area contributed by atoms with E-state index >= 15 is 0 Å². The predicted molar refractivity (Wildman–Crippen MR) is 68.3 cm³/mol. The van der Waals surface area contributed by atoms with Crippen molar-refractivity contribution in [3.05, 3.63) is 0 Å². The third-order valence-electron chi connectivity index (χ3n) is 3.84. The topological polar surface area (TPSA) is 52.0 Å². The van der Waals surface area contributed by atoms with E-state index in [0.29, 0.717) is 5.04 Å². The molecule has 0 aromatic rings. The molecule has 0 aliphatic carbocycles. The Balaban J connectivity index is 4.20. The van der Waals surface area contributed by atoms with Crippen molar-refractivity contribution in [1.29, 1.82) is 0 Å². The monoisotopic (exact) mass is 216 g/mol. The third-order valence-corrected chi connectivity index (χ3v) is 9.36. The van der Waals surface area contributed by atoms with Gasteiger partial charge in [0.15, 0.2) is 0 Å². The van der Waals surface area contributed by atoms with Gasteiger partial charge >= 0.3 is 0 Å². The van der Waals surface area contributed by atoms with Crippen molar-refractivity contribution in [1.82, 2.24) is 0 Å². The van der Waals surface area contributed by atoms with Crippen LogP contribution in [0.25, 0.3) is 0 Å². The van der Waals surface area contributed by atoms with Gasteiger partial charge in [0.1, 0.15) is 0 Å². The SMILES string of the molecule is CC(C)(CCCN)[Si](C)(C)CCCN. The number of hydrogen-bond acceptors (Lipinski definition) is 2. The molecule has 0 aromatic carbocycles. The lowest BCUT2D eigenvalue weighted by Gasteiger charge is -2.40. The van der Waals surface area contributed by atoms with Gasteiger partial charge in [-0.2, -0.15) is 0 Å². The van der Waals surface area contributed by atoms with Gasteiger partial charge in [0.25, 0.3) is 0 Å². The number of nitrogens with two attached hydrogens (primary N) is 2. The Kier molecular flexibility index (Phi) is 5.94. The molecule has 0 bridgehead atoms. The molecule has 0 aliphatic rings. The molecular weight excluding hydrogens is 188 g/mol. The molecule has 0 saturated heterocycles. The van der Waals surface area contributed by atoms with E-state index in [1.54, 1.807) is 0 Å². The summed E-state index contributed by atoms with van der Waals surface area (Å²) in [6.45, 7) is 11.4. The van der Waals surface area contributed by atoms with Crippen LogP contribution >= 0.6 is 0 Å². The summed E-state index contributed by atoms with van der Waals surface area (Å²) >= 11 is 0. The van der Waals surface area contributed by atoms with Crippen molar-refractivity contribution >= 4 is 8.07 Å². The smallest absolute Gasteiger partial charge is 0.0530 e. The van der Waals surface area contributed by atoms with Crippen molar-refractivity contribution in [3.63, 3.8) is 0 Å². The molecule has 0 fully saturated rings. The van der Waals surface area contributed by atoms with Crippen LogP contribution in [-0.2, 0) is 0 Å². The summed E-state index contributed by atoms with van der Waals surface area (Å²) in [7, 11) is -1.12.